The molecule has 0 aliphatic carbocycles. The largest absolute Gasteiger partial charge is 0.338 e. The molecule has 0 N–H and O–H groups in total. The van der Waals surface area contributed by atoms with Crippen LogP contribution in [0.2, 0.25) is 0 Å². The molecule has 0 radical (unpaired) electrons. The van der Waals surface area contributed by atoms with Crippen LogP contribution in [0.25, 0.3) is 0 Å². The molecule has 2 aromatic rings. The average Bonchev–Trinajstić information content (AvgIpc) is 2.92. The Kier molecular flexibility index (Phi) is 6.38. The minimum absolute atomic E-state index is 0.215. The predicted molar refractivity (Wildman–Crippen MR) is 111 cm³/mol. The normalized spacial score (nSPS) is 22.2. The van der Waals surface area contributed by atoms with E-state index < -0.39 is 0 Å². The lowest BCUT2D eigenvalue weighted by Crippen LogP contribution is -2.42. The Hall–Kier alpha value is -2.20. The van der Waals surface area contributed by atoms with Crippen LogP contribution in [-0.2, 0) is 17.9 Å². The van der Waals surface area contributed by atoms with Crippen molar-refractivity contribution in [1.82, 2.24) is 14.8 Å². The van der Waals surface area contributed by atoms with Gasteiger partial charge in [-0.2, -0.15) is 0 Å². The van der Waals surface area contributed by atoms with Crippen molar-refractivity contribution >= 4 is 5.91 Å². The highest BCUT2D eigenvalue weighted by Gasteiger charge is 2.35. The second-order valence-electron chi connectivity index (χ2n) is 8.32. The van der Waals surface area contributed by atoms with Gasteiger partial charge in [0.15, 0.2) is 0 Å². The predicted octanol–water partition coefficient (Wildman–Crippen LogP) is 4.12. The van der Waals surface area contributed by atoms with E-state index >= 15 is 0 Å². The maximum atomic E-state index is 13.3. The summed E-state index contributed by atoms with van der Waals surface area (Å²) in [6.45, 7) is 4.81. The Morgan fingerprint density at radius 2 is 1.64 bits per heavy atom. The number of rotatable bonds is 5. The molecule has 4 heteroatoms. The number of likely N-dealkylation sites (tertiary alicyclic amines) is 2. The monoisotopic (exact) mass is 377 g/mol. The quantitative estimate of drug-likeness (QED) is 0.786. The summed E-state index contributed by atoms with van der Waals surface area (Å²) in [6, 6.07) is 14.6. The third kappa shape index (κ3) is 4.79. The van der Waals surface area contributed by atoms with Crippen LogP contribution in [0.1, 0.15) is 43.2 Å². The van der Waals surface area contributed by atoms with Crippen molar-refractivity contribution in [3.8, 4) is 0 Å². The fourth-order valence-electron chi connectivity index (χ4n) is 4.80. The summed E-state index contributed by atoms with van der Waals surface area (Å²) in [7, 11) is 0. The first-order valence-corrected chi connectivity index (χ1v) is 10.7. The van der Waals surface area contributed by atoms with Crippen molar-refractivity contribution in [2.45, 2.75) is 45.2 Å². The zero-order valence-electron chi connectivity index (χ0n) is 16.7. The third-order valence-corrected chi connectivity index (χ3v) is 6.37. The SMILES string of the molecule is O=C1[C@H](C2CCN(Cc3cccnc3)CC2)CCCCN1Cc1ccccc1. The molecule has 4 rings (SSSR count). The van der Waals surface area contributed by atoms with Crippen LogP contribution in [-0.4, -0.2) is 40.3 Å². The van der Waals surface area contributed by atoms with E-state index in [1.807, 2.05) is 24.5 Å². The van der Waals surface area contributed by atoms with E-state index in [4.69, 9.17) is 0 Å². The molecule has 28 heavy (non-hydrogen) atoms. The van der Waals surface area contributed by atoms with Gasteiger partial charge in [0.25, 0.3) is 0 Å². The lowest BCUT2D eigenvalue weighted by Gasteiger charge is -2.36. The van der Waals surface area contributed by atoms with Gasteiger partial charge in [-0.25, -0.2) is 0 Å². The Labute approximate surface area is 168 Å². The molecule has 148 valence electrons. The van der Waals surface area contributed by atoms with Gasteiger partial charge in [0, 0.05) is 37.9 Å². The highest BCUT2D eigenvalue weighted by molar-refractivity contribution is 5.79. The number of hydrogen-bond acceptors (Lipinski definition) is 3. The summed E-state index contributed by atoms with van der Waals surface area (Å²) in [5.41, 5.74) is 2.52. The number of amides is 1. The summed E-state index contributed by atoms with van der Waals surface area (Å²) in [5, 5.41) is 0. The van der Waals surface area contributed by atoms with Gasteiger partial charge >= 0.3 is 0 Å². The van der Waals surface area contributed by atoms with Crippen LogP contribution >= 0.6 is 0 Å². The van der Waals surface area contributed by atoms with Crippen LogP contribution in [0.3, 0.4) is 0 Å². The Balaban J connectivity index is 1.35. The van der Waals surface area contributed by atoms with Gasteiger partial charge in [0.2, 0.25) is 5.91 Å². The third-order valence-electron chi connectivity index (χ3n) is 6.37. The van der Waals surface area contributed by atoms with Crippen molar-refractivity contribution in [3.05, 3.63) is 66.0 Å². The van der Waals surface area contributed by atoms with Crippen molar-refractivity contribution < 1.29 is 4.79 Å². The van der Waals surface area contributed by atoms with E-state index in [2.05, 4.69) is 45.1 Å². The van der Waals surface area contributed by atoms with Crippen LogP contribution in [0, 0.1) is 11.8 Å². The van der Waals surface area contributed by atoms with E-state index in [-0.39, 0.29) is 5.92 Å². The summed E-state index contributed by atoms with van der Waals surface area (Å²) in [4.78, 5) is 22.2. The first-order chi connectivity index (χ1) is 13.8. The van der Waals surface area contributed by atoms with Gasteiger partial charge in [-0.15, -0.1) is 0 Å². The lowest BCUT2D eigenvalue weighted by atomic mass is 9.81. The molecule has 1 aromatic carbocycles. The van der Waals surface area contributed by atoms with Gasteiger partial charge in [0.05, 0.1) is 0 Å². The van der Waals surface area contributed by atoms with E-state index in [0.29, 0.717) is 11.8 Å². The van der Waals surface area contributed by atoms with Crippen molar-refractivity contribution in [2.75, 3.05) is 19.6 Å². The molecule has 4 nitrogen and oxygen atoms in total. The van der Waals surface area contributed by atoms with Gasteiger partial charge in [-0.3, -0.25) is 14.7 Å². The van der Waals surface area contributed by atoms with Crippen molar-refractivity contribution in [2.24, 2.45) is 11.8 Å². The standard InChI is InChI=1S/C24H31N3O/c28-24-23(10-4-5-14-27(24)19-20-7-2-1-3-8-20)22-11-15-26(16-12-22)18-21-9-6-13-25-17-21/h1-3,6-9,13,17,22-23H,4-5,10-12,14-16,18-19H2/t23-/m0/s1. The molecule has 2 aliphatic rings. The molecular weight excluding hydrogens is 346 g/mol. The van der Waals surface area contributed by atoms with Crippen LogP contribution in [0.15, 0.2) is 54.9 Å². The molecule has 2 aliphatic heterocycles. The molecule has 0 saturated carbocycles. The minimum atomic E-state index is 0.215. The summed E-state index contributed by atoms with van der Waals surface area (Å²) in [6.07, 6.45) is 9.44. The summed E-state index contributed by atoms with van der Waals surface area (Å²) < 4.78 is 0. The number of benzene rings is 1. The maximum absolute atomic E-state index is 13.3. The smallest absolute Gasteiger partial charge is 0.226 e. The minimum Gasteiger partial charge on any atom is -0.338 e. The van der Waals surface area contributed by atoms with E-state index in [0.717, 1.165) is 58.4 Å². The highest BCUT2D eigenvalue weighted by atomic mass is 16.2. The second kappa shape index (κ2) is 9.33. The molecule has 1 atom stereocenters. The average molecular weight is 378 g/mol. The molecule has 1 aromatic heterocycles. The molecule has 2 saturated heterocycles. The van der Waals surface area contributed by atoms with E-state index in [9.17, 15) is 4.79 Å². The zero-order valence-corrected chi connectivity index (χ0v) is 16.7. The number of piperidine rings is 1. The van der Waals surface area contributed by atoms with Crippen molar-refractivity contribution in [3.63, 3.8) is 0 Å². The summed E-state index contributed by atoms with van der Waals surface area (Å²) in [5.74, 6) is 1.15. The lowest BCUT2D eigenvalue weighted by molar-refractivity contribution is -0.138. The molecular formula is C24H31N3O. The number of aromatic nitrogens is 1. The van der Waals surface area contributed by atoms with Crippen LogP contribution in [0.5, 0.6) is 0 Å². The molecule has 3 heterocycles. The summed E-state index contributed by atoms with van der Waals surface area (Å²) >= 11 is 0. The number of nitrogens with zero attached hydrogens (tertiary/aromatic N) is 3. The van der Waals surface area contributed by atoms with Crippen LogP contribution in [0.4, 0.5) is 0 Å². The molecule has 0 bridgehead atoms. The molecule has 1 amide bonds. The van der Waals surface area contributed by atoms with E-state index in [1.54, 1.807) is 0 Å². The van der Waals surface area contributed by atoms with Gasteiger partial charge < -0.3 is 4.90 Å². The van der Waals surface area contributed by atoms with Crippen LogP contribution < -0.4 is 0 Å². The van der Waals surface area contributed by atoms with Gasteiger partial charge in [0.1, 0.15) is 0 Å². The maximum Gasteiger partial charge on any atom is 0.226 e. The Morgan fingerprint density at radius 1 is 0.857 bits per heavy atom. The highest BCUT2D eigenvalue weighted by Crippen LogP contribution is 2.33. The zero-order chi connectivity index (χ0) is 19.2. The number of pyridine rings is 1. The van der Waals surface area contributed by atoms with Crippen molar-refractivity contribution in [1.29, 1.82) is 0 Å². The first-order valence-electron chi connectivity index (χ1n) is 10.7. The fraction of sp³-hybridized carbons (Fsp3) is 0.500. The molecule has 0 spiro atoms. The fourth-order valence-corrected chi connectivity index (χ4v) is 4.80. The number of carbonyl (C=O) groups excluding carboxylic acids is 1. The molecule has 2 fully saturated rings. The first kappa shape index (κ1) is 19.1. The van der Waals surface area contributed by atoms with E-state index in [1.165, 1.54) is 17.5 Å². The van der Waals surface area contributed by atoms with Gasteiger partial charge in [-0.05, 0) is 61.9 Å². The Morgan fingerprint density at radius 3 is 2.39 bits per heavy atom. The topological polar surface area (TPSA) is 36.4 Å². The number of carbonyl (C=O) groups is 1. The van der Waals surface area contributed by atoms with Gasteiger partial charge in [-0.1, -0.05) is 42.8 Å². The number of hydrogen-bond donors (Lipinski definition) is 0. The Bertz CT molecular complexity index is 741. The second-order valence-corrected chi connectivity index (χ2v) is 8.32. The molecule has 0 unspecified atom stereocenters.